The largest absolute Gasteiger partial charge is 0.0616 e. The predicted molar refractivity (Wildman–Crippen MR) is 125 cm³/mol. The van der Waals surface area contributed by atoms with Crippen LogP contribution >= 0.6 is 0 Å². The molecule has 0 radical (unpaired) electrons. The molecular formula is C29H18. The van der Waals surface area contributed by atoms with Gasteiger partial charge in [0.1, 0.15) is 0 Å². The van der Waals surface area contributed by atoms with Crippen LogP contribution in [0.3, 0.4) is 0 Å². The number of rotatable bonds is 0. The van der Waals surface area contributed by atoms with Gasteiger partial charge < -0.3 is 0 Å². The Labute approximate surface area is 169 Å². The van der Waals surface area contributed by atoms with Crippen molar-refractivity contribution in [3.8, 4) is 11.1 Å². The molecule has 0 nitrogen and oxygen atoms in total. The maximum atomic E-state index is 2.42. The van der Waals surface area contributed by atoms with Crippen molar-refractivity contribution in [2.45, 2.75) is 6.42 Å². The van der Waals surface area contributed by atoms with Crippen molar-refractivity contribution in [1.29, 1.82) is 0 Å². The van der Waals surface area contributed by atoms with E-state index in [1.54, 1.807) is 0 Å². The highest BCUT2D eigenvalue weighted by Crippen LogP contribution is 2.45. The summed E-state index contributed by atoms with van der Waals surface area (Å²) in [6.45, 7) is 0. The van der Waals surface area contributed by atoms with E-state index in [0.717, 1.165) is 6.42 Å². The Kier molecular flexibility index (Phi) is 2.88. The minimum absolute atomic E-state index is 1.02. The van der Waals surface area contributed by atoms with E-state index in [9.17, 15) is 0 Å². The van der Waals surface area contributed by atoms with Crippen LogP contribution in [0.25, 0.3) is 54.2 Å². The second-order valence-corrected chi connectivity index (χ2v) is 8.22. The highest BCUT2D eigenvalue weighted by Gasteiger charge is 2.22. The van der Waals surface area contributed by atoms with Crippen LogP contribution in [-0.4, -0.2) is 0 Å². The highest BCUT2D eigenvalue weighted by atomic mass is 14.3. The molecular weight excluding hydrogens is 348 g/mol. The van der Waals surface area contributed by atoms with E-state index in [1.165, 1.54) is 65.3 Å². The topological polar surface area (TPSA) is 0 Å². The zero-order chi connectivity index (χ0) is 18.9. The molecule has 0 fully saturated rings. The summed E-state index contributed by atoms with van der Waals surface area (Å²) >= 11 is 0. The first-order chi connectivity index (χ1) is 14.3. The number of benzene rings is 6. The van der Waals surface area contributed by atoms with Gasteiger partial charge in [-0.3, -0.25) is 0 Å². The van der Waals surface area contributed by atoms with E-state index in [1.807, 2.05) is 0 Å². The van der Waals surface area contributed by atoms with E-state index in [-0.39, 0.29) is 0 Å². The third-order valence-corrected chi connectivity index (χ3v) is 6.57. The van der Waals surface area contributed by atoms with Crippen LogP contribution in [0.15, 0.2) is 97.1 Å². The Balaban J connectivity index is 1.61. The summed E-state index contributed by atoms with van der Waals surface area (Å²) in [4.78, 5) is 0. The molecule has 29 heavy (non-hydrogen) atoms. The second-order valence-electron chi connectivity index (χ2n) is 8.22. The molecule has 134 valence electrons. The molecule has 0 unspecified atom stereocenters. The molecule has 6 aromatic carbocycles. The number of hydrogen-bond donors (Lipinski definition) is 0. The Hall–Kier alpha value is -3.64. The molecule has 0 aliphatic heterocycles. The van der Waals surface area contributed by atoms with Gasteiger partial charge in [-0.2, -0.15) is 0 Å². The third-order valence-electron chi connectivity index (χ3n) is 6.57. The van der Waals surface area contributed by atoms with Crippen molar-refractivity contribution < 1.29 is 0 Å². The second kappa shape index (κ2) is 5.46. The molecule has 0 heteroatoms. The van der Waals surface area contributed by atoms with E-state index < -0.39 is 0 Å². The normalized spacial score (nSPS) is 12.7. The predicted octanol–water partition coefficient (Wildman–Crippen LogP) is 7.87. The van der Waals surface area contributed by atoms with E-state index in [2.05, 4.69) is 97.1 Å². The van der Waals surface area contributed by atoms with Gasteiger partial charge in [-0.05, 0) is 90.0 Å². The van der Waals surface area contributed by atoms with Crippen LogP contribution in [0, 0.1) is 0 Å². The van der Waals surface area contributed by atoms with Gasteiger partial charge in [0.25, 0.3) is 0 Å². The summed E-state index contributed by atoms with van der Waals surface area (Å²) in [6, 6.07) is 36.1. The lowest BCUT2D eigenvalue weighted by atomic mass is 9.92. The summed E-state index contributed by atoms with van der Waals surface area (Å²) in [5, 5.41) is 10.7. The van der Waals surface area contributed by atoms with Gasteiger partial charge in [-0.1, -0.05) is 78.9 Å². The van der Waals surface area contributed by atoms with Crippen LogP contribution in [0.5, 0.6) is 0 Å². The lowest BCUT2D eigenvalue weighted by molar-refractivity contribution is 1.27. The molecule has 0 aromatic heterocycles. The molecule has 0 atom stereocenters. The van der Waals surface area contributed by atoms with Crippen molar-refractivity contribution in [3.63, 3.8) is 0 Å². The van der Waals surface area contributed by atoms with E-state index >= 15 is 0 Å². The van der Waals surface area contributed by atoms with E-state index in [4.69, 9.17) is 0 Å². The lowest BCUT2D eigenvalue weighted by Gasteiger charge is -2.11. The summed E-state index contributed by atoms with van der Waals surface area (Å²) in [5.41, 5.74) is 5.74. The molecule has 0 saturated heterocycles. The minimum atomic E-state index is 1.02. The first kappa shape index (κ1) is 15.3. The van der Waals surface area contributed by atoms with Crippen molar-refractivity contribution in [2.24, 2.45) is 0 Å². The van der Waals surface area contributed by atoms with Crippen LogP contribution < -0.4 is 0 Å². The molecule has 1 aliphatic rings. The first-order valence-electron chi connectivity index (χ1n) is 10.2. The van der Waals surface area contributed by atoms with Crippen LogP contribution in [-0.2, 0) is 6.42 Å². The van der Waals surface area contributed by atoms with Crippen molar-refractivity contribution in [2.75, 3.05) is 0 Å². The van der Waals surface area contributed by atoms with Crippen LogP contribution in [0.4, 0.5) is 0 Å². The zero-order valence-corrected chi connectivity index (χ0v) is 15.9. The maximum absolute atomic E-state index is 2.42. The average Bonchev–Trinajstić information content (AvgIpc) is 3.13. The molecule has 6 aromatic rings. The molecule has 0 bridgehead atoms. The molecule has 1 aliphatic carbocycles. The van der Waals surface area contributed by atoms with Gasteiger partial charge in [-0.25, -0.2) is 0 Å². The Bertz CT molecular complexity index is 1620. The molecule has 0 spiro atoms. The van der Waals surface area contributed by atoms with Gasteiger partial charge in [0.05, 0.1) is 0 Å². The highest BCUT2D eigenvalue weighted by molar-refractivity contribution is 6.17. The lowest BCUT2D eigenvalue weighted by Crippen LogP contribution is -1.85. The average molecular weight is 366 g/mol. The Morgan fingerprint density at radius 1 is 0.448 bits per heavy atom. The van der Waals surface area contributed by atoms with Gasteiger partial charge in [0.15, 0.2) is 0 Å². The molecule has 7 rings (SSSR count). The van der Waals surface area contributed by atoms with Crippen molar-refractivity contribution >= 4 is 43.1 Å². The first-order valence-corrected chi connectivity index (χ1v) is 10.2. The zero-order valence-electron chi connectivity index (χ0n) is 15.9. The van der Waals surface area contributed by atoms with Crippen molar-refractivity contribution in [3.05, 3.63) is 108 Å². The monoisotopic (exact) mass is 366 g/mol. The Morgan fingerprint density at radius 3 is 1.93 bits per heavy atom. The quantitative estimate of drug-likeness (QED) is 0.189. The van der Waals surface area contributed by atoms with Gasteiger partial charge in [-0.15, -0.1) is 0 Å². The number of fused-ring (bicyclic) bond motifs is 9. The third kappa shape index (κ3) is 2.09. The smallest absolute Gasteiger partial charge is 0.00130 e. The fourth-order valence-corrected chi connectivity index (χ4v) is 5.22. The van der Waals surface area contributed by atoms with E-state index in [0.29, 0.717) is 0 Å². The fourth-order valence-electron chi connectivity index (χ4n) is 5.22. The van der Waals surface area contributed by atoms with Crippen LogP contribution in [0.1, 0.15) is 11.1 Å². The summed E-state index contributed by atoms with van der Waals surface area (Å²) < 4.78 is 0. The summed E-state index contributed by atoms with van der Waals surface area (Å²) in [7, 11) is 0. The Morgan fingerprint density at radius 2 is 1.10 bits per heavy atom. The standard InChI is InChI=1S/C29H18/c1-2-7-21-14-24-17-27-25(16-23(24)13-20(21)6-1)15-22-12-11-19-10-9-18-5-3-4-8-26(18)28(19)29(22)27/h1-14,16-17H,15H2. The molecule has 0 saturated carbocycles. The summed E-state index contributed by atoms with van der Waals surface area (Å²) in [6.07, 6.45) is 1.02. The molecule has 0 heterocycles. The minimum Gasteiger partial charge on any atom is -0.0616 e. The van der Waals surface area contributed by atoms with Gasteiger partial charge in [0, 0.05) is 0 Å². The molecule has 0 N–H and O–H groups in total. The van der Waals surface area contributed by atoms with Crippen LogP contribution in [0.2, 0.25) is 0 Å². The fraction of sp³-hybridized carbons (Fsp3) is 0.0345. The SMILES string of the molecule is c1ccc2cc3cc4c(cc3cc2c1)Cc1ccc2ccc3ccccc3c2c1-4. The maximum Gasteiger partial charge on any atom is -0.00130 e. The van der Waals surface area contributed by atoms with Gasteiger partial charge in [0.2, 0.25) is 0 Å². The summed E-state index contributed by atoms with van der Waals surface area (Å²) in [5.74, 6) is 0. The van der Waals surface area contributed by atoms with Crippen molar-refractivity contribution in [1.82, 2.24) is 0 Å². The van der Waals surface area contributed by atoms with Gasteiger partial charge >= 0.3 is 0 Å². The number of hydrogen-bond acceptors (Lipinski definition) is 0. The molecule has 0 amide bonds.